The van der Waals surface area contributed by atoms with Gasteiger partial charge in [-0.2, -0.15) is 18.4 Å². The van der Waals surface area contributed by atoms with E-state index in [-0.39, 0.29) is 19.1 Å². The molecule has 1 saturated carbocycles. The van der Waals surface area contributed by atoms with Crippen molar-refractivity contribution in [2.75, 3.05) is 13.2 Å². The van der Waals surface area contributed by atoms with Gasteiger partial charge in [0.25, 0.3) is 0 Å². The highest BCUT2D eigenvalue weighted by molar-refractivity contribution is 4.95. The van der Waals surface area contributed by atoms with Crippen LogP contribution in [0.3, 0.4) is 0 Å². The lowest BCUT2D eigenvalue weighted by atomic mass is 10.2. The molecule has 0 amide bonds. The summed E-state index contributed by atoms with van der Waals surface area (Å²) in [6, 6.07) is 2.32. The molecule has 1 unspecified atom stereocenters. The fourth-order valence-electron chi connectivity index (χ4n) is 1.40. The first-order valence-corrected chi connectivity index (χ1v) is 5.81. The molecule has 0 heterocycles. The van der Waals surface area contributed by atoms with Crippen LogP contribution in [0, 0.1) is 11.3 Å². The van der Waals surface area contributed by atoms with Crippen LogP contribution in [0.2, 0.25) is 0 Å². The number of rotatable bonds is 8. The van der Waals surface area contributed by atoms with Crippen molar-refractivity contribution in [3.8, 4) is 6.07 Å². The van der Waals surface area contributed by atoms with Crippen LogP contribution in [-0.2, 0) is 4.74 Å². The molecule has 3 nitrogen and oxygen atoms in total. The van der Waals surface area contributed by atoms with E-state index in [1.807, 2.05) is 0 Å². The Morgan fingerprint density at radius 2 is 2.06 bits per heavy atom. The highest BCUT2D eigenvalue weighted by atomic mass is 19.4. The minimum atomic E-state index is -4.11. The van der Waals surface area contributed by atoms with Crippen LogP contribution in [0.4, 0.5) is 13.2 Å². The van der Waals surface area contributed by atoms with Crippen molar-refractivity contribution in [2.24, 2.45) is 0 Å². The summed E-state index contributed by atoms with van der Waals surface area (Å²) in [6.07, 6.45) is -2.20. The van der Waals surface area contributed by atoms with E-state index >= 15 is 0 Å². The van der Waals surface area contributed by atoms with Crippen molar-refractivity contribution in [2.45, 2.75) is 50.4 Å². The lowest BCUT2D eigenvalue weighted by Gasteiger charge is -2.11. The Balaban J connectivity index is 1.93. The van der Waals surface area contributed by atoms with Gasteiger partial charge in [-0.1, -0.05) is 0 Å². The molecule has 0 radical (unpaired) electrons. The number of hydrogen-bond acceptors (Lipinski definition) is 3. The summed E-state index contributed by atoms with van der Waals surface area (Å²) < 4.78 is 40.4. The zero-order valence-corrected chi connectivity index (χ0v) is 9.59. The monoisotopic (exact) mass is 250 g/mol. The van der Waals surface area contributed by atoms with Gasteiger partial charge in [-0.05, 0) is 25.7 Å². The van der Waals surface area contributed by atoms with E-state index in [1.165, 1.54) is 0 Å². The molecule has 0 aliphatic heterocycles. The Morgan fingerprint density at radius 3 is 2.59 bits per heavy atom. The summed E-state index contributed by atoms with van der Waals surface area (Å²) in [5.74, 6) is 0. The minimum Gasteiger partial charge on any atom is -0.381 e. The topological polar surface area (TPSA) is 45.0 Å². The lowest BCUT2D eigenvalue weighted by molar-refractivity contribution is -0.137. The standard InChI is InChI=1S/C11H17F3N2O/c12-11(13,14)5-1-6-17-7-4-10(8-15)16-9-2-3-9/h9-10,16H,1-7H2. The first-order chi connectivity index (χ1) is 8.01. The second-order valence-electron chi connectivity index (χ2n) is 4.24. The van der Waals surface area contributed by atoms with Crippen LogP contribution in [-0.4, -0.2) is 31.5 Å². The first-order valence-electron chi connectivity index (χ1n) is 5.81. The van der Waals surface area contributed by atoms with Gasteiger partial charge in [-0.25, -0.2) is 0 Å². The van der Waals surface area contributed by atoms with Crippen molar-refractivity contribution in [1.29, 1.82) is 5.26 Å². The number of halogens is 3. The molecular weight excluding hydrogens is 233 g/mol. The second-order valence-corrected chi connectivity index (χ2v) is 4.24. The van der Waals surface area contributed by atoms with Crippen molar-refractivity contribution in [1.82, 2.24) is 5.32 Å². The lowest BCUT2D eigenvalue weighted by Crippen LogP contribution is -2.30. The highest BCUT2D eigenvalue weighted by Gasteiger charge is 2.26. The normalized spacial score (nSPS) is 17.8. The van der Waals surface area contributed by atoms with E-state index in [4.69, 9.17) is 10.00 Å². The SMILES string of the molecule is N#CC(CCOCCCC(F)(F)F)NC1CC1. The molecular formula is C11H17F3N2O. The van der Waals surface area contributed by atoms with E-state index in [9.17, 15) is 13.2 Å². The fourth-order valence-corrected chi connectivity index (χ4v) is 1.40. The van der Waals surface area contributed by atoms with Crippen molar-refractivity contribution >= 4 is 0 Å². The summed E-state index contributed by atoms with van der Waals surface area (Å²) in [7, 11) is 0. The molecule has 0 aromatic carbocycles. The molecule has 17 heavy (non-hydrogen) atoms. The maximum Gasteiger partial charge on any atom is 0.389 e. The molecule has 1 fully saturated rings. The van der Waals surface area contributed by atoms with Gasteiger partial charge in [-0.15, -0.1) is 0 Å². The molecule has 6 heteroatoms. The Bertz CT molecular complexity index is 258. The van der Waals surface area contributed by atoms with E-state index in [2.05, 4.69) is 11.4 Å². The van der Waals surface area contributed by atoms with Gasteiger partial charge in [0.1, 0.15) is 0 Å². The zero-order valence-electron chi connectivity index (χ0n) is 9.59. The van der Waals surface area contributed by atoms with E-state index in [1.54, 1.807) is 0 Å². The number of nitriles is 1. The summed E-state index contributed by atoms with van der Waals surface area (Å²) in [4.78, 5) is 0. The zero-order chi connectivity index (χ0) is 12.7. The van der Waals surface area contributed by atoms with Crippen LogP contribution >= 0.6 is 0 Å². The van der Waals surface area contributed by atoms with Crippen molar-refractivity contribution < 1.29 is 17.9 Å². The van der Waals surface area contributed by atoms with E-state index in [0.717, 1.165) is 12.8 Å². The third kappa shape index (κ3) is 8.00. The molecule has 1 aliphatic carbocycles. The molecule has 1 N–H and O–H groups in total. The molecule has 1 aliphatic rings. The van der Waals surface area contributed by atoms with Crippen LogP contribution in [0.5, 0.6) is 0 Å². The number of ether oxygens (including phenoxy) is 1. The van der Waals surface area contributed by atoms with Gasteiger partial charge in [-0.3, -0.25) is 5.32 Å². The molecule has 0 aromatic rings. The fraction of sp³-hybridized carbons (Fsp3) is 0.909. The number of alkyl halides is 3. The van der Waals surface area contributed by atoms with Gasteiger partial charge in [0.05, 0.1) is 12.1 Å². The van der Waals surface area contributed by atoms with Gasteiger partial charge in [0.15, 0.2) is 0 Å². The Labute approximate surface area is 98.9 Å². The number of hydrogen-bond donors (Lipinski definition) is 1. The second kappa shape index (κ2) is 6.82. The molecule has 98 valence electrons. The predicted molar refractivity (Wildman–Crippen MR) is 56.3 cm³/mol. The summed E-state index contributed by atoms with van der Waals surface area (Å²) in [5.41, 5.74) is 0. The van der Waals surface area contributed by atoms with Gasteiger partial charge >= 0.3 is 6.18 Å². The van der Waals surface area contributed by atoms with Gasteiger partial charge in [0, 0.05) is 25.7 Å². The van der Waals surface area contributed by atoms with E-state index < -0.39 is 12.6 Å². The Kier molecular flexibility index (Phi) is 5.72. The summed E-state index contributed by atoms with van der Waals surface area (Å²) in [6.45, 7) is 0.427. The first kappa shape index (κ1) is 14.3. The molecule has 0 bridgehead atoms. The summed E-state index contributed by atoms with van der Waals surface area (Å²) in [5, 5.41) is 11.9. The average Bonchev–Trinajstić information content (AvgIpc) is 3.03. The maximum absolute atomic E-state index is 11.8. The molecule has 0 saturated heterocycles. The van der Waals surface area contributed by atoms with Crippen molar-refractivity contribution in [3.63, 3.8) is 0 Å². The van der Waals surface area contributed by atoms with Crippen LogP contribution < -0.4 is 5.32 Å². The Hall–Kier alpha value is -0.800. The molecule has 0 aromatic heterocycles. The largest absolute Gasteiger partial charge is 0.389 e. The quantitative estimate of drug-likeness (QED) is 0.673. The maximum atomic E-state index is 11.8. The minimum absolute atomic E-state index is 0.0171. The van der Waals surface area contributed by atoms with Gasteiger partial charge in [0.2, 0.25) is 0 Å². The smallest absolute Gasteiger partial charge is 0.381 e. The van der Waals surface area contributed by atoms with Gasteiger partial charge < -0.3 is 4.74 Å². The number of nitrogens with zero attached hydrogens (tertiary/aromatic N) is 1. The van der Waals surface area contributed by atoms with Crippen LogP contribution in [0.15, 0.2) is 0 Å². The van der Waals surface area contributed by atoms with Crippen LogP contribution in [0.25, 0.3) is 0 Å². The third-order valence-electron chi connectivity index (χ3n) is 2.47. The van der Waals surface area contributed by atoms with E-state index in [0.29, 0.717) is 19.1 Å². The van der Waals surface area contributed by atoms with Crippen molar-refractivity contribution in [3.05, 3.63) is 0 Å². The Morgan fingerprint density at radius 1 is 1.35 bits per heavy atom. The third-order valence-corrected chi connectivity index (χ3v) is 2.47. The number of nitrogens with one attached hydrogen (secondary N) is 1. The highest BCUT2D eigenvalue weighted by Crippen LogP contribution is 2.21. The predicted octanol–water partition coefficient (Wildman–Crippen LogP) is 2.38. The molecule has 0 spiro atoms. The molecule has 1 atom stereocenters. The average molecular weight is 250 g/mol. The summed E-state index contributed by atoms with van der Waals surface area (Å²) >= 11 is 0. The molecule has 1 rings (SSSR count). The van der Waals surface area contributed by atoms with Crippen LogP contribution in [0.1, 0.15) is 32.1 Å².